The van der Waals surface area contributed by atoms with E-state index in [0.717, 1.165) is 11.1 Å². The second-order valence-electron chi connectivity index (χ2n) is 4.73. The van der Waals surface area contributed by atoms with Crippen molar-refractivity contribution in [3.05, 3.63) is 10.4 Å². The predicted octanol–water partition coefficient (Wildman–Crippen LogP) is -1.81. The second kappa shape index (κ2) is 5.83. The van der Waals surface area contributed by atoms with Gasteiger partial charge in [-0.25, -0.2) is 4.68 Å². The number of nitrogens with zero attached hydrogens (tertiary/aromatic N) is 1. The van der Waals surface area contributed by atoms with Crippen LogP contribution in [0.5, 0.6) is 0 Å². The van der Waals surface area contributed by atoms with Crippen LogP contribution in [0.1, 0.15) is 19.6 Å². The molecule has 0 amide bonds. The van der Waals surface area contributed by atoms with E-state index < -0.39 is 36.7 Å². The van der Waals surface area contributed by atoms with E-state index in [1.807, 2.05) is 6.92 Å². The summed E-state index contributed by atoms with van der Waals surface area (Å²) < 4.78 is 6.28. The van der Waals surface area contributed by atoms with Gasteiger partial charge in [0, 0.05) is 6.54 Å². The van der Waals surface area contributed by atoms with Gasteiger partial charge in [-0.3, -0.25) is 9.89 Å². The van der Waals surface area contributed by atoms with Crippen molar-refractivity contribution in [1.29, 1.82) is 0 Å². The Hall–Kier alpha value is -1.55. The highest BCUT2D eigenvalue weighted by molar-refractivity contribution is 5.59. The van der Waals surface area contributed by atoms with Crippen molar-refractivity contribution in [2.24, 2.45) is 0 Å². The van der Waals surface area contributed by atoms with Crippen molar-refractivity contribution in [2.75, 3.05) is 24.2 Å². The minimum atomic E-state index is -1.33. The number of anilines is 2. The van der Waals surface area contributed by atoms with Crippen LogP contribution in [0, 0.1) is 0 Å². The molecule has 1 fully saturated rings. The molecule has 0 spiro atoms. The molecule has 0 aliphatic carbocycles. The molecule has 1 aliphatic rings. The van der Waals surface area contributed by atoms with E-state index in [1.165, 1.54) is 0 Å². The summed E-state index contributed by atoms with van der Waals surface area (Å²) in [6.07, 6.45) is -3.82. The molecule has 9 heteroatoms. The Kier molecular flexibility index (Phi) is 4.33. The first-order valence-electron chi connectivity index (χ1n) is 6.47. The van der Waals surface area contributed by atoms with Gasteiger partial charge in [0.25, 0.3) is 5.56 Å². The van der Waals surface area contributed by atoms with Gasteiger partial charge < -0.3 is 31.1 Å². The molecule has 7 N–H and O–H groups in total. The fourth-order valence-corrected chi connectivity index (χ4v) is 2.13. The van der Waals surface area contributed by atoms with Crippen LogP contribution in [0.2, 0.25) is 0 Å². The second-order valence-corrected chi connectivity index (χ2v) is 4.73. The molecule has 1 aromatic heterocycles. The molecule has 114 valence electrons. The number of nitrogens with one attached hydrogen (secondary N) is 2. The van der Waals surface area contributed by atoms with Crippen LogP contribution in [-0.2, 0) is 4.74 Å². The van der Waals surface area contributed by atoms with Crippen molar-refractivity contribution in [1.82, 2.24) is 9.78 Å². The third kappa shape index (κ3) is 2.40. The maximum Gasteiger partial charge on any atom is 0.294 e. The topological polar surface area (TPSA) is 146 Å². The summed E-state index contributed by atoms with van der Waals surface area (Å²) in [5.74, 6) is 0.342. The summed E-state index contributed by atoms with van der Waals surface area (Å²) in [5.41, 5.74) is 5.11. The standard InChI is InChI=1S/C11H20N4O5/c1-2-3-13-9-6(12)10(19)15(14-9)11-8(18)7(17)5(4-16)20-11/h5,7-8,11,13-14,16-18H,2-4,12H2,1H3. The van der Waals surface area contributed by atoms with Crippen molar-refractivity contribution in [3.8, 4) is 0 Å². The van der Waals surface area contributed by atoms with Gasteiger partial charge in [0.05, 0.1) is 6.61 Å². The first-order chi connectivity index (χ1) is 9.51. The average Bonchev–Trinajstić information content (AvgIpc) is 2.88. The number of aliphatic hydroxyl groups is 3. The molecule has 2 rings (SSSR count). The zero-order valence-corrected chi connectivity index (χ0v) is 11.1. The summed E-state index contributed by atoms with van der Waals surface area (Å²) in [4.78, 5) is 12.0. The number of aromatic nitrogens is 2. The molecular formula is C11H20N4O5. The lowest BCUT2D eigenvalue weighted by molar-refractivity contribution is -0.0599. The lowest BCUT2D eigenvalue weighted by atomic mass is 10.1. The Bertz CT molecular complexity index is 513. The van der Waals surface area contributed by atoms with E-state index in [2.05, 4.69) is 10.4 Å². The third-order valence-corrected chi connectivity index (χ3v) is 3.27. The molecule has 1 saturated heterocycles. The highest BCUT2D eigenvalue weighted by atomic mass is 16.6. The van der Waals surface area contributed by atoms with Gasteiger partial charge in [0.1, 0.15) is 29.8 Å². The third-order valence-electron chi connectivity index (χ3n) is 3.27. The average molecular weight is 288 g/mol. The van der Waals surface area contributed by atoms with Gasteiger partial charge in [-0.1, -0.05) is 6.92 Å². The smallest absolute Gasteiger partial charge is 0.294 e. The highest BCUT2D eigenvalue weighted by Gasteiger charge is 2.44. The maximum absolute atomic E-state index is 12.0. The molecule has 0 aromatic carbocycles. The van der Waals surface area contributed by atoms with E-state index in [9.17, 15) is 15.0 Å². The highest BCUT2D eigenvalue weighted by Crippen LogP contribution is 2.28. The Morgan fingerprint density at radius 1 is 1.45 bits per heavy atom. The fourth-order valence-electron chi connectivity index (χ4n) is 2.13. The molecule has 2 heterocycles. The lowest BCUT2D eigenvalue weighted by Crippen LogP contribution is -2.35. The van der Waals surface area contributed by atoms with E-state index >= 15 is 0 Å². The van der Waals surface area contributed by atoms with Gasteiger partial charge >= 0.3 is 0 Å². The SMILES string of the molecule is CCCNc1[nH]n(C2OC(CO)C(O)C2O)c(=O)c1N. The Morgan fingerprint density at radius 3 is 2.70 bits per heavy atom. The predicted molar refractivity (Wildman–Crippen MR) is 71.3 cm³/mol. The number of rotatable bonds is 5. The number of hydrogen-bond donors (Lipinski definition) is 6. The quantitative estimate of drug-likeness (QED) is 0.374. The summed E-state index contributed by atoms with van der Waals surface area (Å²) in [6.45, 7) is 2.13. The molecule has 20 heavy (non-hydrogen) atoms. The molecular weight excluding hydrogens is 268 g/mol. The van der Waals surface area contributed by atoms with Crippen LogP contribution < -0.4 is 16.6 Å². The maximum atomic E-state index is 12.0. The minimum Gasteiger partial charge on any atom is -0.394 e. The van der Waals surface area contributed by atoms with Gasteiger partial charge in [0.15, 0.2) is 6.23 Å². The van der Waals surface area contributed by atoms with Crippen molar-refractivity contribution in [2.45, 2.75) is 37.9 Å². The first kappa shape index (κ1) is 14.9. The number of nitrogen functional groups attached to an aromatic ring is 1. The Balaban J connectivity index is 2.27. The molecule has 1 aromatic rings. The minimum absolute atomic E-state index is 0.0174. The van der Waals surface area contributed by atoms with Crippen molar-refractivity contribution < 1.29 is 20.1 Å². The number of hydrogen-bond acceptors (Lipinski definition) is 7. The first-order valence-corrected chi connectivity index (χ1v) is 6.47. The molecule has 0 radical (unpaired) electrons. The van der Waals surface area contributed by atoms with Crippen LogP contribution in [0.3, 0.4) is 0 Å². The van der Waals surface area contributed by atoms with E-state index in [0.29, 0.717) is 12.4 Å². The number of aromatic amines is 1. The van der Waals surface area contributed by atoms with Crippen LogP contribution in [-0.4, -0.2) is 56.6 Å². The summed E-state index contributed by atoms with van der Waals surface area (Å²) in [7, 11) is 0. The van der Waals surface area contributed by atoms with Crippen molar-refractivity contribution in [3.63, 3.8) is 0 Å². The zero-order chi connectivity index (χ0) is 14.9. The van der Waals surface area contributed by atoms with E-state index in [-0.39, 0.29) is 5.69 Å². The monoisotopic (exact) mass is 288 g/mol. The fraction of sp³-hybridized carbons (Fsp3) is 0.727. The number of ether oxygens (including phenoxy) is 1. The van der Waals surface area contributed by atoms with Crippen LogP contribution in [0.15, 0.2) is 4.79 Å². The van der Waals surface area contributed by atoms with Crippen LogP contribution in [0.25, 0.3) is 0 Å². The molecule has 0 saturated carbocycles. The van der Waals surface area contributed by atoms with Gasteiger partial charge in [-0.05, 0) is 6.42 Å². The van der Waals surface area contributed by atoms with Gasteiger partial charge in [-0.2, -0.15) is 0 Å². The molecule has 9 nitrogen and oxygen atoms in total. The van der Waals surface area contributed by atoms with Crippen LogP contribution in [0.4, 0.5) is 11.5 Å². The Morgan fingerprint density at radius 2 is 2.15 bits per heavy atom. The number of aliphatic hydroxyl groups excluding tert-OH is 3. The van der Waals surface area contributed by atoms with Crippen LogP contribution >= 0.6 is 0 Å². The number of nitrogens with two attached hydrogens (primary N) is 1. The van der Waals surface area contributed by atoms with E-state index in [1.54, 1.807) is 0 Å². The summed E-state index contributed by atoms with van der Waals surface area (Å²) in [5, 5.41) is 34.3. The molecule has 4 unspecified atom stereocenters. The summed E-state index contributed by atoms with van der Waals surface area (Å²) in [6, 6.07) is 0. The zero-order valence-electron chi connectivity index (χ0n) is 11.1. The van der Waals surface area contributed by atoms with E-state index in [4.69, 9.17) is 15.6 Å². The summed E-state index contributed by atoms with van der Waals surface area (Å²) >= 11 is 0. The number of H-pyrrole nitrogens is 1. The normalized spacial score (nSPS) is 29.8. The molecule has 0 bridgehead atoms. The van der Waals surface area contributed by atoms with Gasteiger partial charge in [0.2, 0.25) is 0 Å². The molecule has 1 aliphatic heterocycles. The van der Waals surface area contributed by atoms with Crippen molar-refractivity contribution >= 4 is 11.5 Å². The van der Waals surface area contributed by atoms with Gasteiger partial charge in [-0.15, -0.1) is 0 Å². The molecule has 4 atom stereocenters. The largest absolute Gasteiger partial charge is 0.394 e. The lowest BCUT2D eigenvalue weighted by Gasteiger charge is -2.15. The Labute approximate surface area is 114 Å².